The molecule has 1 aromatic carbocycles. The molecule has 0 aliphatic rings. The fourth-order valence-electron chi connectivity index (χ4n) is 1.56. The molecule has 3 N–H and O–H groups in total. The summed E-state index contributed by atoms with van der Waals surface area (Å²) in [6, 6.07) is 6.72. The molecule has 0 unspecified atom stereocenters. The highest BCUT2D eigenvalue weighted by atomic mass is 19.1. The summed E-state index contributed by atoms with van der Waals surface area (Å²) in [5.41, 5.74) is 5.96. The number of amidine groups is 1. The van der Waals surface area contributed by atoms with Crippen molar-refractivity contribution in [2.75, 3.05) is 11.6 Å². The minimum Gasteiger partial charge on any atom is -0.443 e. The zero-order chi connectivity index (χ0) is 15.3. The molecule has 1 aromatic rings. The lowest BCUT2D eigenvalue weighted by Gasteiger charge is -2.27. The predicted octanol–water partition coefficient (Wildman–Crippen LogP) is 2.83. The van der Waals surface area contributed by atoms with Gasteiger partial charge in [0.2, 0.25) is 0 Å². The summed E-state index contributed by atoms with van der Waals surface area (Å²) in [6.07, 6.45) is -0.783. The Bertz CT molecular complexity index is 497. The van der Waals surface area contributed by atoms with Crippen LogP contribution in [0.4, 0.5) is 14.9 Å². The number of nitrogens with two attached hydrogens (primary N) is 1. The zero-order valence-corrected chi connectivity index (χ0v) is 11.9. The van der Waals surface area contributed by atoms with Crippen molar-refractivity contribution < 1.29 is 13.9 Å². The normalized spacial score (nSPS) is 11.1. The summed E-state index contributed by atoms with van der Waals surface area (Å²) in [6.45, 7) is 4.35. The van der Waals surface area contributed by atoms with Gasteiger partial charge in [0, 0.05) is 6.54 Å². The molecule has 0 aromatic heterocycles. The van der Waals surface area contributed by atoms with Crippen LogP contribution in [0.5, 0.6) is 0 Å². The van der Waals surface area contributed by atoms with Crippen LogP contribution in [0.25, 0.3) is 0 Å². The van der Waals surface area contributed by atoms with Gasteiger partial charge in [0.1, 0.15) is 18.1 Å². The lowest BCUT2D eigenvalue weighted by Crippen LogP contribution is -2.41. The lowest BCUT2D eigenvalue weighted by atomic mass is 10.2. The van der Waals surface area contributed by atoms with Crippen LogP contribution in [0.15, 0.2) is 24.3 Å². The number of nitrogens with one attached hydrogen (secondary N) is 1. The van der Waals surface area contributed by atoms with Gasteiger partial charge in [0.25, 0.3) is 0 Å². The van der Waals surface area contributed by atoms with Crippen molar-refractivity contribution in [1.29, 1.82) is 5.41 Å². The summed E-state index contributed by atoms with van der Waals surface area (Å²) in [7, 11) is 0. The van der Waals surface area contributed by atoms with Gasteiger partial charge >= 0.3 is 6.09 Å². The van der Waals surface area contributed by atoms with Crippen LogP contribution >= 0.6 is 0 Å². The summed E-state index contributed by atoms with van der Waals surface area (Å²) in [5.74, 6) is -0.478. The van der Waals surface area contributed by atoms with Gasteiger partial charge in [-0.15, -0.1) is 0 Å². The molecule has 0 saturated carbocycles. The Morgan fingerprint density at radius 1 is 1.45 bits per heavy atom. The van der Waals surface area contributed by atoms with Crippen LogP contribution in [0, 0.1) is 5.41 Å². The maximum atomic E-state index is 12.8. The second-order valence-corrected chi connectivity index (χ2v) is 5.27. The Hall–Kier alpha value is -1.95. The summed E-state index contributed by atoms with van der Waals surface area (Å²) in [5, 5.41) is 7.62. The summed E-state index contributed by atoms with van der Waals surface area (Å²) >= 11 is 0. The largest absolute Gasteiger partial charge is 0.443 e. The van der Waals surface area contributed by atoms with E-state index in [-0.39, 0.29) is 0 Å². The van der Waals surface area contributed by atoms with Crippen molar-refractivity contribution in [3.63, 3.8) is 0 Å². The molecule has 6 heteroatoms. The molecule has 1 rings (SSSR count). The molecule has 1 amide bonds. The molecule has 20 heavy (non-hydrogen) atoms. The first kappa shape index (κ1) is 16.1. The average molecular weight is 281 g/mol. The number of halogens is 1. The fourth-order valence-corrected chi connectivity index (χ4v) is 1.56. The van der Waals surface area contributed by atoms with Crippen molar-refractivity contribution in [2.45, 2.75) is 32.9 Å². The van der Waals surface area contributed by atoms with Crippen molar-refractivity contribution in [3.05, 3.63) is 29.8 Å². The average Bonchev–Trinajstić information content (AvgIpc) is 2.36. The highest BCUT2D eigenvalue weighted by Gasteiger charge is 2.26. The maximum Gasteiger partial charge on any atom is 0.420 e. The van der Waals surface area contributed by atoms with Gasteiger partial charge < -0.3 is 10.5 Å². The molecular formula is C14H20FN3O2. The van der Waals surface area contributed by atoms with Crippen LogP contribution in [0.3, 0.4) is 0 Å². The smallest absolute Gasteiger partial charge is 0.420 e. The molecule has 0 fully saturated rings. The third kappa shape index (κ3) is 4.31. The van der Waals surface area contributed by atoms with E-state index in [2.05, 4.69) is 0 Å². The molecule has 0 radical (unpaired) electrons. The number of carbonyl (C=O) groups is 1. The van der Waals surface area contributed by atoms with E-state index in [9.17, 15) is 9.18 Å². The molecule has 0 aliphatic carbocycles. The Labute approximate surface area is 118 Å². The molecule has 5 nitrogen and oxygen atoms in total. The van der Waals surface area contributed by atoms with E-state index in [0.717, 1.165) is 10.5 Å². The number of alkyl halides is 1. The minimum absolute atomic E-state index is 0.291. The van der Waals surface area contributed by atoms with Gasteiger partial charge in [-0.1, -0.05) is 12.1 Å². The zero-order valence-electron chi connectivity index (χ0n) is 11.9. The lowest BCUT2D eigenvalue weighted by molar-refractivity contribution is 0.0602. The molecule has 110 valence electrons. The molecular weight excluding hydrogens is 261 g/mol. The summed E-state index contributed by atoms with van der Waals surface area (Å²) < 4.78 is 18.0. The molecule has 0 atom stereocenters. The van der Waals surface area contributed by atoms with Gasteiger partial charge in [-0.3, -0.25) is 5.41 Å². The molecule has 0 saturated heterocycles. The number of hydrogen-bond acceptors (Lipinski definition) is 4. The van der Waals surface area contributed by atoms with Gasteiger partial charge in [0.05, 0.1) is 5.69 Å². The number of benzene rings is 1. The number of anilines is 1. The van der Waals surface area contributed by atoms with E-state index in [1.165, 1.54) is 0 Å². The third-order valence-electron chi connectivity index (χ3n) is 2.38. The van der Waals surface area contributed by atoms with E-state index in [4.69, 9.17) is 15.9 Å². The Morgan fingerprint density at radius 3 is 2.60 bits per heavy atom. The highest BCUT2D eigenvalue weighted by Crippen LogP contribution is 2.20. The first-order valence-corrected chi connectivity index (χ1v) is 6.24. The number of rotatable bonds is 3. The summed E-state index contributed by atoms with van der Waals surface area (Å²) in [4.78, 5) is 13.0. The number of ether oxygens (including phenoxy) is 1. The van der Waals surface area contributed by atoms with Crippen molar-refractivity contribution in [2.24, 2.45) is 5.73 Å². The van der Waals surface area contributed by atoms with Crippen LogP contribution in [-0.4, -0.2) is 24.2 Å². The predicted molar refractivity (Wildman–Crippen MR) is 76.7 cm³/mol. The number of hydrogen-bond donors (Lipinski definition) is 2. The van der Waals surface area contributed by atoms with Gasteiger partial charge in [-0.05, 0) is 38.5 Å². The minimum atomic E-state index is -1.06. The molecule has 0 aliphatic heterocycles. The van der Waals surface area contributed by atoms with Crippen molar-refractivity contribution in [3.8, 4) is 0 Å². The topological polar surface area (TPSA) is 79.4 Å². The quantitative estimate of drug-likeness (QED) is 0.660. The fraction of sp³-hybridized carbons (Fsp3) is 0.429. The highest BCUT2D eigenvalue weighted by molar-refractivity contribution is 6.14. The maximum absolute atomic E-state index is 12.8. The van der Waals surface area contributed by atoms with Crippen LogP contribution < -0.4 is 10.6 Å². The number of carbonyl (C=O) groups excluding carboxylic acids is 1. The second kappa shape index (κ2) is 6.47. The Kier molecular flexibility index (Phi) is 5.21. The van der Waals surface area contributed by atoms with E-state index in [1.54, 1.807) is 45.0 Å². The van der Waals surface area contributed by atoms with Gasteiger partial charge in [0.15, 0.2) is 0 Å². The number of amides is 1. The molecule has 0 spiro atoms. The monoisotopic (exact) mass is 281 g/mol. The first-order chi connectivity index (χ1) is 9.28. The van der Waals surface area contributed by atoms with Crippen LogP contribution in [0.1, 0.15) is 26.3 Å². The van der Waals surface area contributed by atoms with Crippen molar-refractivity contribution in [1.82, 2.24) is 0 Å². The Balaban J connectivity index is 3.12. The Morgan fingerprint density at radius 2 is 2.10 bits per heavy atom. The van der Waals surface area contributed by atoms with Gasteiger partial charge in [-0.25, -0.2) is 14.1 Å². The first-order valence-electron chi connectivity index (χ1n) is 6.24. The standard InChI is InChI=1S/C14H20FN3O2/c1-14(2,3)20-13(19)18(12(17)8-15)11-6-4-5-10(7-11)9-16/h4-7,17H,8-9,16H2,1-3H3. The van der Waals surface area contributed by atoms with E-state index >= 15 is 0 Å². The van der Waals surface area contributed by atoms with E-state index < -0.39 is 24.2 Å². The van der Waals surface area contributed by atoms with E-state index in [1.807, 2.05) is 0 Å². The third-order valence-corrected chi connectivity index (χ3v) is 2.38. The second-order valence-electron chi connectivity index (χ2n) is 5.27. The van der Waals surface area contributed by atoms with Crippen molar-refractivity contribution >= 4 is 17.6 Å². The van der Waals surface area contributed by atoms with Crippen LogP contribution in [0.2, 0.25) is 0 Å². The van der Waals surface area contributed by atoms with E-state index in [0.29, 0.717) is 12.2 Å². The molecule has 0 heterocycles. The van der Waals surface area contributed by atoms with Crippen LogP contribution in [-0.2, 0) is 11.3 Å². The number of nitrogens with zero attached hydrogens (tertiary/aromatic N) is 1. The van der Waals surface area contributed by atoms with Gasteiger partial charge in [-0.2, -0.15) is 0 Å². The molecule has 0 bridgehead atoms. The SMILES string of the molecule is CC(C)(C)OC(=O)N(C(=N)CF)c1cccc(CN)c1.